The van der Waals surface area contributed by atoms with Crippen LogP contribution < -0.4 is 10.0 Å². The van der Waals surface area contributed by atoms with Crippen LogP contribution in [0.5, 0.6) is 0 Å². The fourth-order valence-corrected chi connectivity index (χ4v) is 4.55. The highest BCUT2D eigenvalue weighted by Gasteiger charge is 2.15. The molecule has 0 aliphatic carbocycles. The topological polar surface area (TPSA) is 88.2 Å². The maximum Gasteiger partial charge on any atom is 0.257 e. The van der Waals surface area contributed by atoms with E-state index in [0.717, 1.165) is 11.3 Å². The summed E-state index contributed by atoms with van der Waals surface area (Å²) in [7, 11) is -3.62. The molecule has 150 valence electrons. The van der Waals surface area contributed by atoms with E-state index >= 15 is 0 Å². The van der Waals surface area contributed by atoms with Crippen molar-refractivity contribution in [3.8, 4) is 11.3 Å². The van der Waals surface area contributed by atoms with Crippen molar-refractivity contribution in [1.82, 2.24) is 9.71 Å². The van der Waals surface area contributed by atoms with Crippen LogP contribution in [-0.2, 0) is 10.0 Å². The van der Waals surface area contributed by atoms with Gasteiger partial charge in [0.05, 0.1) is 10.6 Å². The Balaban J connectivity index is 1.69. The van der Waals surface area contributed by atoms with Gasteiger partial charge in [0.25, 0.3) is 5.91 Å². The highest BCUT2D eigenvalue weighted by Crippen LogP contribution is 2.27. The van der Waals surface area contributed by atoms with E-state index in [1.807, 2.05) is 35.9 Å². The SMILES string of the molecule is C=CCNS(=O)(=O)c1ccc(C(=O)Nc2nc(-c3ccc(SC)cc3)cs2)cc1. The first-order chi connectivity index (χ1) is 13.9. The zero-order valence-electron chi connectivity index (χ0n) is 15.6. The molecule has 6 nitrogen and oxygen atoms in total. The Bertz CT molecular complexity index is 1110. The summed E-state index contributed by atoms with van der Waals surface area (Å²) < 4.78 is 26.5. The number of nitrogens with zero attached hydrogens (tertiary/aromatic N) is 1. The summed E-state index contributed by atoms with van der Waals surface area (Å²) in [6.45, 7) is 3.61. The molecule has 9 heteroatoms. The van der Waals surface area contributed by atoms with Crippen LogP contribution in [0.3, 0.4) is 0 Å². The Labute approximate surface area is 178 Å². The van der Waals surface area contributed by atoms with Gasteiger partial charge in [-0.3, -0.25) is 10.1 Å². The van der Waals surface area contributed by atoms with Gasteiger partial charge in [0.15, 0.2) is 5.13 Å². The average Bonchev–Trinajstić information content (AvgIpc) is 3.21. The number of aromatic nitrogens is 1. The number of thioether (sulfide) groups is 1. The van der Waals surface area contributed by atoms with Crippen LogP contribution in [0, 0.1) is 0 Å². The quantitative estimate of drug-likeness (QED) is 0.400. The Morgan fingerprint density at radius 2 is 1.86 bits per heavy atom. The number of hydrogen-bond donors (Lipinski definition) is 2. The molecule has 0 saturated heterocycles. The average molecular weight is 446 g/mol. The molecule has 0 aliphatic heterocycles. The number of carbonyl (C=O) groups excluding carboxylic acids is 1. The molecule has 1 heterocycles. The first-order valence-corrected chi connectivity index (χ1v) is 12.1. The number of anilines is 1. The van der Waals surface area contributed by atoms with E-state index in [9.17, 15) is 13.2 Å². The second kappa shape index (κ2) is 9.36. The van der Waals surface area contributed by atoms with Crippen LogP contribution in [0.4, 0.5) is 5.13 Å². The van der Waals surface area contributed by atoms with Crippen molar-refractivity contribution in [2.45, 2.75) is 9.79 Å². The lowest BCUT2D eigenvalue weighted by atomic mass is 10.2. The van der Waals surface area contributed by atoms with Gasteiger partial charge in [0, 0.05) is 27.9 Å². The van der Waals surface area contributed by atoms with Crippen molar-refractivity contribution < 1.29 is 13.2 Å². The minimum atomic E-state index is -3.62. The first kappa shape index (κ1) is 21.3. The number of carbonyl (C=O) groups is 1. The molecule has 0 bridgehead atoms. The lowest BCUT2D eigenvalue weighted by Crippen LogP contribution is -2.23. The molecule has 0 unspecified atom stereocenters. The minimum Gasteiger partial charge on any atom is -0.298 e. The second-order valence-corrected chi connectivity index (χ2v) is 9.39. The van der Waals surface area contributed by atoms with E-state index in [0.29, 0.717) is 10.7 Å². The summed E-state index contributed by atoms with van der Waals surface area (Å²) in [6.07, 6.45) is 3.48. The number of thiazole rings is 1. The van der Waals surface area contributed by atoms with Crippen molar-refractivity contribution >= 4 is 44.2 Å². The van der Waals surface area contributed by atoms with Crippen LogP contribution in [0.25, 0.3) is 11.3 Å². The van der Waals surface area contributed by atoms with Crippen LogP contribution in [0.15, 0.2) is 76.4 Å². The van der Waals surface area contributed by atoms with Crippen LogP contribution >= 0.6 is 23.1 Å². The molecular weight excluding hydrogens is 426 g/mol. The van der Waals surface area contributed by atoms with Gasteiger partial charge in [-0.2, -0.15) is 0 Å². The zero-order chi connectivity index (χ0) is 20.9. The molecule has 0 spiro atoms. The van der Waals surface area contributed by atoms with Gasteiger partial charge in [-0.1, -0.05) is 18.2 Å². The highest BCUT2D eigenvalue weighted by molar-refractivity contribution is 7.98. The molecule has 0 atom stereocenters. The van der Waals surface area contributed by atoms with E-state index in [1.54, 1.807) is 11.8 Å². The molecule has 2 N–H and O–H groups in total. The van der Waals surface area contributed by atoms with Crippen LogP contribution in [0.2, 0.25) is 0 Å². The van der Waals surface area contributed by atoms with E-state index in [4.69, 9.17) is 0 Å². The molecule has 1 aromatic heterocycles. The molecule has 0 saturated carbocycles. The van der Waals surface area contributed by atoms with Gasteiger partial charge in [0.2, 0.25) is 10.0 Å². The number of rotatable bonds is 8. The van der Waals surface area contributed by atoms with Crippen molar-refractivity contribution in [3.05, 3.63) is 72.1 Å². The third-order valence-corrected chi connectivity index (χ3v) is 6.90. The normalized spacial score (nSPS) is 11.2. The van der Waals surface area contributed by atoms with Crippen molar-refractivity contribution in [2.75, 3.05) is 18.1 Å². The molecule has 0 radical (unpaired) electrons. The molecule has 0 fully saturated rings. The van der Waals surface area contributed by atoms with E-state index in [1.165, 1.54) is 46.6 Å². The Hall–Kier alpha value is -2.46. The summed E-state index contributed by atoms with van der Waals surface area (Å²) in [6, 6.07) is 13.7. The number of hydrogen-bond acceptors (Lipinski definition) is 6. The predicted octanol–water partition coefficient (Wildman–Crippen LogP) is 4.25. The third kappa shape index (κ3) is 5.33. The summed E-state index contributed by atoms with van der Waals surface area (Å²) in [5, 5.41) is 5.10. The van der Waals surface area contributed by atoms with Gasteiger partial charge >= 0.3 is 0 Å². The van der Waals surface area contributed by atoms with E-state index in [-0.39, 0.29) is 17.3 Å². The van der Waals surface area contributed by atoms with E-state index in [2.05, 4.69) is 21.6 Å². The number of sulfonamides is 1. The number of amides is 1. The maximum absolute atomic E-state index is 12.5. The molecule has 3 aromatic rings. The third-order valence-electron chi connectivity index (χ3n) is 3.95. The second-order valence-electron chi connectivity index (χ2n) is 5.89. The highest BCUT2D eigenvalue weighted by atomic mass is 32.2. The minimum absolute atomic E-state index is 0.0844. The summed E-state index contributed by atoms with van der Waals surface area (Å²) in [4.78, 5) is 18.2. The molecular formula is C20H19N3O3S3. The van der Waals surface area contributed by atoms with Crippen molar-refractivity contribution in [3.63, 3.8) is 0 Å². The monoisotopic (exact) mass is 445 g/mol. The lowest BCUT2D eigenvalue weighted by molar-refractivity contribution is 0.102. The number of benzene rings is 2. The smallest absolute Gasteiger partial charge is 0.257 e. The van der Waals surface area contributed by atoms with Crippen LogP contribution in [-0.4, -0.2) is 32.1 Å². The molecule has 0 aliphatic rings. The summed E-state index contributed by atoms with van der Waals surface area (Å²) >= 11 is 3.00. The predicted molar refractivity (Wildman–Crippen MR) is 119 cm³/mol. The summed E-state index contributed by atoms with van der Waals surface area (Å²) in [5.41, 5.74) is 2.10. The lowest BCUT2D eigenvalue weighted by Gasteiger charge is -2.06. The van der Waals surface area contributed by atoms with E-state index < -0.39 is 10.0 Å². The van der Waals surface area contributed by atoms with Gasteiger partial charge in [-0.25, -0.2) is 18.1 Å². The van der Waals surface area contributed by atoms with Gasteiger partial charge in [-0.15, -0.1) is 29.7 Å². The zero-order valence-corrected chi connectivity index (χ0v) is 18.0. The first-order valence-electron chi connectivity index (χ1n) is 8.55. The fraction of sp³-hybridized carbons (Fsp3) is 0.100. The molecule has 1 amide bonds. The summed E-state index contributed by atoms with van der Waals surface area (Å²) in [5.74, 6) is -0.355. The molecule has 29 heavy (non-hydrogen) atoms. The van der Waals surface area contributed by atoms with Gasteiger partial charge < -0.3 is 0 Å². The molecule has 3 rings (SSSR count). The van der Waals surface area contributed by atoms with Gasteiger partial charge in [-0.05, 0) is 42.7 Å². The standard InChI is InChI=1S/C20H19N3O3S3/c1-3-12-21-29(25,26)17-10-6-15(7-11-17)19(24)23-20-22-18(13-28-20)14-4-8-16(27-2)9-5-14/h3-11,13,21H,1,12H2,2H3,(H,22,23,24). The van der Waals surface area contributed by atoms with Crippen molar-refractivity contribution in [1.29, 1.82) is 0 Å². The Morgan fingerprint density at radius 3 is 2.48 bits per heavy atom. The van der Waals surface area contributed by atoms with Gasteiger partial charge in [0.1, 0.15) is 0 Å². The van der Waals surface area contributed by atoms with Crippen molar-refractivity contribution in [2.24, 2.45) is 0 Å². The Morgan fingerprint density at radius 1 is 1.17 bits per heavy atom. The van der Waals surface area contributed by atoms with Crippen LogP contribution in [0.1, 0.15) is 10.4 Å². The molecule has 2 aromatic carbocycles. The maximum atomic E-state index is 12.5. The fourth-order valence-electron chi connectivity index (χ4n) is 2.43. The largest absolute Gasteiger partial charge is 0.298 e. The Kier molecular flexibility index (Phi) is 6.86. The number of nitrogens with one attached hydrogen (secondary N) is 2.